The number of aromatic nitrogens is 4. The second-order valence-electron chi connectivity index (χ2n) is 23.0. The second kappa shape index (κ2) is 24.8. The van der Waals surface area contributed by atoms with Crippen LogP contribution in [0.15, 0.2) is 194 Å². The minimum absolute atomic E-state index is 0.0140. The van der Waals surface area contributed by atoms with Gasteiger partial charge in [-0.15, -0.1) is 0 Å². The fourth-order valence-electron chi connectivity index (χ4n) is 12.0. The first-order chi connectivity index (χ1) is 45.7. The summed E-state index contributed by atoms with van der Waals surface area (Å²) < 4.78 is 179. The van der Waals surface area contributed by atoms with E-state index in [4.69, 9.17) is 9.97 Å². The van der Waals surface area contributed by atoms with Crippen molar-refractivity contribution in [1.82, 2.24) is 19.9 Å². The van der Waals surface area contributed by atoms with Gasteiger partial charge in [0.25, 0.3) is 0 Å². The van der Waals surface area contributed by atoms with Gasteiger partial charge in [0, 0.05) is 88.8 Å². The Morgan fingerprint density at radius 1 is 0.281 bits per heavy atom. The highest BCUT2D eigenvalue weighted by Gasteiger charge is 2.25. The van der Waals surface area contributed by atoms with Crippen LogP contribution < -0.4 is 18.9 Å². The molecule has 16 nitrogen and oxygen atoms in total. The normalized spacial score (nSPS) is 12.4. The fraction of sp³-hybridized carbons (Fsp3) is 0.0556. The summed E-state index contributed by atoms with van der Waals surface area (Å²) in [6.45, 7) is 0. The minimum Gasteiger partial charge on any atom is -0.354 e. The molecule has 0 aliphatic carbocycles. The molecule has 24 heteroatoms. The standard InChI is InChI=1S/C72H54F4N8O8S4/c1-93(85,86)81-65-37-41(21-25-49(65)45-13-5-9-17-53(45)73)69-57-29-31-59(77-57)70(42-22-26-50(46-14-6-10-18-54(46)74)66(38-42)82-94(2,87)88)61-33-35-63(79-61)72(44-24-28-52(48-16-8-12-20-56(48)76)68(40-44)84-96(4,91)92)64-36-34-62(80-64)71(60-32-30-58(69)78-60)43-23-27-51(47-15-7-11-19-55(47)75)67(39-43)83-95(3,89)90/h5-40,77,80-84H,1-4H3. The van der Waals surface area contributed by atoms with Crippen LogP contribution in [0.1, 0.15) is 22.8 Å². The Balaban J connectivity index is 1.18. The Labute approximate surface area is 550 Å². The van der Waals surface area contributed by atoms with Crippen LogP contribution in [0, 0.1) is 23.3 Å². The largest absolute Gasteiger partial charge is 0.354 e. The van der Waals surface area contributed by atoms with Crippen LogP contribution in [0.2, 0.25) is 0 Å². The molecule has 0 spiro atoms. The Morgan fingerprint density at radius 2 is 0.490 bits per heavy atom. The number of fused-ring (bicyclic) bond motifs is 8. The van der Waals surface area contributed by atoms with Gasteiger partial charge in [0.1, 0.15) is 23.3 Å². The van der Waals surface area contributed by atoms with Crippen molar-refractivity contribution >= 4 is 109 Å². The highest BCUT2D eigenvalue weighted by Crippen LogP contribution is 2.45. The average Bonchev–Trinajstić information content (AvgIpc) is 1.56. The quantitative estimate of drug-likeness (QED) is 0.0500. The van der Waals surface area contributed by atoms with Crippen molar-refractivity contribution in [2.75, 3.05) is 43.9 Å². The Kier molecular flexibility index (Phi) is 16.5. The van der Waals surface area contributed by atoms with Gasteiger partial charge in [0.2, 0.25) is 40.1 Å². The molecule has 0 unspecified atom stereocenters. The molecule has 0 amide bonds. The van der Waals surface area contributed by atoms with E-state index in [0.29, 0.717) is 66.6 Å². The van der Waals surface area contributed by atoms with E-state index in [9.17, 15) is 33.7 Å². The molecule has 8 bridgehead atoms. The molecule has 3 aromatic heterocycles. The van der Waals surface area contributed by atoms with Crippen molar-refractivity contribution in [1.29, 1.82) is 0 Å². The second-order valence-corrected chi connectivity index (χ2v) is 30.0. The molecule has 5 heterocycles. The van der Waals surface area contributed by atoms with Crippen molar-refractivity contribution in [2.45, 2.75) is 0 Å². The van der Waals surface area contributed by atoms with Crippen molar-refractivity contribution in [3.05, 3.63) is 240 Å². The van der Waals surface area contributed by atoms with Crippen LogP contribution in [-0.4, -0.2) is 78.6 Å². The zero-order chi connectivity index (χ0) is 67.6. The Morgan fingerprint density at radius 3 is 0.688 bits per heavy atom. The predicted octanol–water partition coefficient (Wildman–Crippen LogP) is 16.0. The van der Waals surface area contributed by atoms with E-state index in [1.54, 1.807) is 146 Å². The molecule has 2 aliphatic heterocycles. The topological polar surface area (TPSA) is 242 Å². The molecule has 2 aliphatic rings. The third kappa shape index (κ3) is 13.3. The summed E-state index contributed by atoms with van der Waals surface area (Å²) in [6, 6.07) is 49.8. The fourth-order valence-corrected chi connectivity index (χ4v) is 14.3. The number of hydrogen-bond acceptors (Lipinski definition) is 10. The van der Waals surface area contributed by atoms with E-state index in [-0.39, 0.29) is 90.0 Å². The lowest BCUT2D eigenvalue weighted by atomic mass is 9.97. The summed E-state index contributed by atoms with van der Waals surface area (Å²) in [7, 11) is -16.1. The maximum Gasteiger partial charge on any atom is 0.229 e. The van der Waals surface area contributed by atoms with E-state index in [2.05, 4.69) is 28.9 Å². The van der Waals surface area contributed by atoms with E-state index in [1.807, 2.05) is 0 Å². The zero-order valence-corrected chi connectivity index (χ0v) is 54.4. The van der Waals surface area contributed by atoms with Crippen molar-refractivity contribution in [2.24, 2.45) is 0 Å². The highest BCUT2D eigenvalue weighted by molar-refractivity contribution is 7.92. The molecule has 8 aromatic carbocycles. The SMILES string of the molecule is CS(=O)(=O)Nc1cc(-c2c3nc(c(-c4ccc(-c5ccccc5F)c(NS(C)(=O)=O)c4)c4ccc([nH]4)c(-c4ccc(-c5ccccc5F)c(NS(C)(=O)=O)c4)c4nc(c(-c5ccc(-c6ccccc6F)c(NS(C)(=O)=O)c5)c5ccc2[nH]5)C=C4)C=C3)ccc1-c1ccccc1F. The number of anilines is 4. The van der Waals surface area contributed by atoms with E-state index >= 15 is 17.6 Å². The van der Waals surface area contributed by atoms with Gasteiger partial charge in [-0.3, -0.25) is 18.9 Å². The van der Waals surface area contributed by atoms with Gasteiger partial charge in [-0.05, 0) is 119 Å². The number of nitrogens with zero attached hydrogens (tertiary/aromatic N) is 2. The number of rotatable bonds is 16. The molecular formula is C72H54F4N8O8S4. The molecule has 6 N–H and O–H groups in total. The van der Waals surface area contributed by atoms with E-state index < -0.39 is 63.4 Å². The van der Waals surface area contributed by atoms with Crippen LogP contribution in [0.25, 0.3) is 135 Å². The number of nitrogens with one attached hydrogen (secondary N) is 6. The maximum absolute atomic E-state index is 15.8. The number of hydrogen-bond donors (Lipinski definition) is 6. The van der Waals surface area contributed by atoms with Gasteiger partial charge in [-0.2, -0.15) is 0 Å². The molecule has 482 valence electrons. The third-order valence-electron chi connectivity index (χ3n) is 15.8. The summed E-state index contributed by atoms with van der Waals surface area (Å²) in [4.78, 5) is 17.8. The third-order valence-corrected chi connectivity index (χ3v) is 18.2. The van der Waals surface area contributed by atoms with Crippen LogP contribution in [0.4, 0.5) is 40.3 Å². The number of aromatic amines is 2. The Hall–Kier alpha value is -10.9. The Bertz CT molecular complexity index is 5120. The lowest BCUT2D eigenvalue weighted by Gasteiger charge is -2.15. The van der Waals surface area contributed by atoms with Crippen molar-refractivity contribution < 1.29 is 51.2 Å². The molecule has 96 heavy (non-hydrogen) atoms. The summed E-state index contributed by atoms with van der Waals surface area (Å²) in [5.41, 5.74) is 6.88. The summed E-state index contributed by atoms with van der Waals surface area (Å²) >= 11 is 0. The van der Waals surface area contributed by atoms with Gasteiger partial charge < -0.3 is 9.97 Å². The van der Waals surface area contributed by atoms with Gasteiger partial charge in [0.15, 0.2) is 0 Å². The van der Waals surface area contributed by atoms with E-state index in [1.165, 1.54) is 72.8 Å². The van der Waals surface area contributed by atoms with Crippen LogP contribution in [-0.2, 0) is 40.1 Å². The van der Waals surface area contributed by atoms with Gasteiger partial charge >= 0.3 is 0 Å². The monoisotopic (exact) mass is 1360 g/mol. The maximum atomic E-state index is 15.8. The molecule has 13 rings (SSSR count). The smallest absolute Gasteiger partial charge is 0.229 e. The molecule has 0 saturated heterocycles. The first-order valence-corrected chi connectivity index (χ1v) is 36.9. The summed E-state index contributed by atoms with van der Waals surface area (Å²) in [5, 5.41) is 0. The van der Waals surface area contributed by atoms with Gasteiger partial charge in [-0.1, -0.05) is 121 Å². The number of sulfonamides is 4. The number of halogens is 4. The van der Waals surface area contributed by atoms with Gasteiger partial charge in [-0.25, -0.2) is 61.2 Å². The summed E-state index contributed by atoms with van der Waals surface area (Å²) in [5.74, 6) is -2.49. The number of benzene rings is 8. The van der Waals surface area contributed by atoms with Gasteiger partial charge in [0.05, 0.1) is 70.5 Å². The molecular weight excluding hydrogens is 1310 g/mol. The van der Waals surface area contributed by atoms with Crippen LogP contribution in [0.5, 0.6) is 0 Å². The van der Waals surface area contributed by atoms with Crippen molar-refractivity contribution in [3.8, 4) is 89.0 Å². The first kappa shape index (κ1) is 63.8. The number of H-pyrrole nitrogens is 2. The molecule has 0 atom stereocenters. The van der Waals surface area contributed by atoms with E-state index in [0.717, 1.165) is 25.0 Å². The lowest BCUT2D eigenvalue weighted by Crippen LogP contribution is -2.11. The zero-order valence-electron chi connectivity index (χ0n) is 51.1. The molecule has 0 radical (unpaired) electrons. The average molecular weight is 1360 g/mol. The lowest BCUT2D eigenvalue weighted by molar-refractivity contribution is 0.605. The summed E-state index contributed by atoms with van der Waals surface area (Å²) in [6.07, 6.45) is 10.7. The highest BCUT2D eigenvalue weighted by atomic mass is 32.2. The van der Waals surface area contributed by atoms with Crippen LogP contribution in [0.3, 0.4) is 0 Å². The molecule has 11 aromatic rings. The van der Waals surface area contributed by atoms with Crippen LogP contribution >= 0.6 is 0 Å². The molecule has 0 saturated carbocycles. The first-order valence-electron chi connectivity index (χ1n) is 29.3. The minimum atomic E-state index is -4.03. The molecule has 0 fully saturated rings. The van der Waals surface area contributed by atoms with Crippen molar-refractivity contribution in [3.63, 3.8) is 0 Å². The predicted molar refractivity (Wildman–Crippen MR) is 376 cm³/mol.